The van der Waals surface area contributed by atoms with Crippen LogP contribution in [0.25, 0.3) is 0 Å². The molecule has 0 saturated heterocycles. The number of rotatable bonds is 3. The van der Waals surface area contributed by atoms with Crippen LogP contribution in [-0.2, 0) is 0 Å². The molecule has 0 aromatic heterocycles. The van der Waals surface area contributed by atoms with Crippen LogP contribution in [0, 0.1) is 53.6 Å². The standard InChI is InChI=1S/C20H36N2.3ClH.Nd/c1-13-9-7-10-14(2)19(13)21-17(5)18(6)22-20-15(3)11-8-12-16(20)4;;;;/h13-16,19-20H,7-12H2,1-6H3;3*1H;/q;;;;+3/p-3. The van der Waals surface area contributed by atoms with Crippen molar-refractivity contribution in [1.29, 1.82) is 0 Å². The van der Waals surface area contributed by atoms with Gasteiger partial charge in [0, 0.05) is 0 Å². The van der Waals surface area contributed by atoms with E-state index in [4.69, 9.17) is 27.4 Å². The van der Waals surface area contributed by atoms with Crippen LogP contribution in [0.3, 0.4) is 0 Å². The summed E-state index contributed by atoms with van der Waals surface area (Å²) in [6.45, 7) is 13.8. The van der Waals surface area contributed by atoms with Gasteiger partial charge in [0.25, 0.3) is 0 Å². The molecule has 6 heteroatoms. The Morgan fingerprint density at radius 2 is 0.885 bits per heavy atom. The Balaban J connectivity index is 0.000000765. The van der Waals surface area contributed by atoms with Crippen LogP contribution < -0.4 is 0 Å². The van der Waals surface area contributed by atoms with Crippen LogP contribution in [0.15, 0.2) is 9.98 Å². The van der Waals surface area contributed by atoms with Gasteiger partial charge in [-0.15, -0.1) is 0 Å². The molecule has 0 amide bonds. The van der Waals surface area contributed by atoms with Crippen molar-refractivity contribution in [1.82, 2.24) is 0 Å². The first-order chi connectivity index (χ1) is 12.1. The first-order valence-electron chi connectivity index (χ1n) is 10.1. The fraction of sp³-hybridized carbons (Fsp3) is 0.900. The topological polar surface area (TPSA) is 24.7 Å². The Morgan fingerprint density at radius 3 is 1.12 bits per heavy atom. The first-order valence-corrected chi connectivity index (χ1v) is 22.1. The number of halogens is 3. The molecule has 0 bridgehead atoms. The third kappa shape index (κ3) is 8.93. The van der Waals surface area contributed by atoms with Gasteiger partial charge in [0.05, 0.1) is 23.5 Å². The van der Waals surface area contributed by atoms with E-state index in [0.29, 0.717) is 12.1 Å². The fourth-order valence-corrected chi connectivity index (χ4v) is 4.47. The second kappa shape index (κ2) is 13.0. The van der Waals surface area contributed by atoms with Gasteiger partial charge in [0.1, 0.15) is 0 Å². The van der Waals surface area contributed by atoms with Crippen LogP contribution in [0.5, 0.6) is 0 Å². The predicted molar refractivity (Wildman–Crippen MR) is 116 cm³/mol. The molecule has 0 spiro atoms. The van der Waals surface area contributed by atoms with Gasteiger partial charge < -0.3 is 0 Å². The third-order valence-corrected chi connectivity index (χ3v) is 6.18. The molecule has 0 aromatic rings. The van der Waals surface area contributed by atoms with E-state index < -0.39 is 29.9 Å². The number of aliphatic imine (C=N–C) groups is 2. The monoisotopic (exact) mass is 551 g/mol. The van der Waals surface area contributed by atoms with Crippen LogP contribution in [0.4, 0.5) is 0 Å². The van der Waals surface area contributed by atoms with Gasteiger partial charge in [-0.3, -0.25) is 9.98 Å². The van der Waals surface area contributed by atoms with Gasteiger partial charge in [-0.2, -0.15) is 0 Å². The quantitative estimate of drug-likeness (QED) is 0.320. The molecule has 0 aromatic carbocycles. The van der Waals surface area contributed by atoms with E-state index in [0.717, 1.165) is 23.7 Å². The molecule has 26 heavy (non-hydrogen) atoms. The summed E-state index contributed by atoms with van der Waals surface area (Å²) in [5.74, 6) is 17.9. The fourth-order valence-electron chi connectivity index (χ4n) is 4.47. The minimum atomic E-state index is -2.24. The maximum absolute atomic E-state index is 5.10. The number of hydrogen-bond acceptors (Lipinski definition) is 2. The molecule has 2 nitrogen and oxygen atoms in total. The summed E-state index contributed by atoms with van der Waals surface area (Å²) in [7, 11) is 0. The van der Waals surface area contributed by atoms with Crippen molar-refractivity contribution in [2.75, 3.05) is 0 Å². The summed E-state index contributed by atoms with van der Waals surface area (Å²) in [5, 5.41) is 0. The number of nitrogens with zero attached hydrogens (tertiary/aromatic N) is 2. The molecule has 151 valence electrons. The maximum atomic E-state index is 5.10. The van der Waals surface area contributed by atoms with Crippen LogP contribution in [0.1, 0.15) is 80.1 Å². The SMILES string of the molecule is CC(=NC1C(C)CCCC1C)C(C)=NC1C(C)CCCC1C.[Cl][Nd]([Cl])[Cl]. The van der Waals surface area contributed by atoms with E-state index >= 15 is 0 Å². The summed E-state index contributed by atoms with van der Waals surface area (Å²) < 4.78 is 0. The zero-order chi connectivity index (χ0) is 19.9. The molecule has 2 rings (SSSR count). The zero-order valence-electron chi connectivity index (χ0n) is 17.2. The van der Waals surface area contributed by atoms with E-state index in [1.807, 2.05) is 0 Å². The van der Waals surface area contributed by atoms with Gasteiger partial charge in [0.2, 0.25) is 0 Å². The Hall–Kier alpha value is 1.56. The Kier molecular flexibility index (Phi) is 12.8. The van der Waals surface area contributed by atoms with Crippen molar-refractivity contribution < 1.29 is 29.9 Å². The van der Waals surface area contributed by atoms with Gasteiger partial charge >= 0.3 is 47.3 Å². The number of hydrogen-bond donors (Lipinski definition) is 0. The molecule has 2 aliphatic rings. The molecule has 0 aliphatic heterocycles. The molecule has 4 unspecified atom stereocenters. The summed E-state index contributed by atoms with van der Waals surface area (Å²) in [6, 6.07) is 1.00. The molecule has 0 heterocycles. The van der Waals surface area contributed by atoms with Crippen molar-refractivity contribution >= 4 is 28.8 Å². The van der Waals surface area contributed by atoms with E-state index in [2.05, 4.69) is 41.5 Å². The van der Waals surface area contributed by atoms with Crippen molar-refractivity contribution in [2.24, 2.45) is 33.7 Å². The Morgan fingerprint density at radius 1 is 0.654 bits per heavy atom. The normalized spacial score (nSPS) is 36.2. The van der Waals surface area contributed by atoms with Crippen LogP contribution >= 0.6 is 17.4 Å². The molecular weight excluding hydrogens is 519 g/mol. The third-order valence-electron chi connectivity index (χ3n) is 6.18. The van der Waals surface area contributed by atoms with E-state index in [9.17, 15) is 0 Å². The van der Waals surface area contributed by atoms with E-state index in [-0.39, 0.29) is 0 Å². The summed E-state index contributed by atoms with van der Waals surface area (Å²) in [5.41, 5.74) is 2.35. The molecule has 0 radical (unpaired) electrons. The molecule has 2 aliphatic carbocycles. The van der Waals surface area contributed by atoms with Crippen molar-refractivity contribution in [3.63, 3.8) is 0 Å². The molecular formula is C20H36Cl3N2Nd. The second-order valence-electron chi connectivity index (χ2n) is 8.40. The average Bonchev–Trinajstić information content (AvgIpc) is 2.53. The van der Waals surface area contributed by atoms with Gasteiger partial charge in [0.15, 0.2) is 0 Å². The van der Waals surface area contributed by atoms with Gasteiger partial charge in [-0.25, -0.2) is 0 Å². The Labute approximate surface area is 182 Å². The van der Waals surface area contributed by atoms with Crippen molar-refractivity contribution in [3.8, 4) is 0 Å². The Bertz CT molecular complexity index is 419. The molecule has 0 N–H and O–H groups in total. The average molecular weight is 555 g/mol. The van der Waals surface area contributed by atoms with Crippen LogP contribution in [0.2, 0.25) is 0 Å². The van der Waals surface area contributed by atoms with E-state index in [1.165, 1.54) is 49.9 Å². The summed E-state index contributed by atoms with van der Waals surface area (Å²) in [4.78, 5) is 10.2. The first kappa shape index (κ1) is 25.6. The minimum absolute atomic E-state index is 0.500. The van der Waals surface area contributed by atoms with Crippen LogP contribution in [-0.4, -0.2) is 23.5 Å². The van der Waals surface area contributed by atoms with Crippen molar-refractivity contribution in [3.05, 3.63) is 0 Å². The second-order valence-corrected chi connectivity index (χ2v) is 22.5. The summed E-state index contributed by atoms with van der Waals surface area (Å²) in [6.07, 6.45) is 8.07. The van der Waals surface area contributed by atoms with Gasteiger partial charge in [-0.05, 0) is 63.2 Å². The molecule has 4 atom stereocenters. The summed E-state index contributed by atoms with van der Waals surface area (Å²) >= 11 is -2.24. The molecule has 2 fully saturated rings. The molecule has 2 saturated carbocycles. The zero-order valence-corrected chi connectivity index (χ0v) is 22.7. The van der Waals surface area contributed by atoms with Gasteiger partial charge in [-0.1, -0.05) is 40.5 Å². The van der Waals surface area contributed by atoms with E-state index in [1.54, 1.807) is 0 Å². The van der Waals surface area contributed by atoms with Crippen molar-refractivity contribution in [2.45, 2.75) is 92.2 Å². The predicted octanol–water partition coefficient (Wildman–Crippen LogP) is 7.63.